The van der Waals surface area contributed by atoms with Gasteiger partial charge in [0.2, 0.25) is 0 Å². The molecule has 0 radical (unpaired) electrons. The topological polar surface area (TPSA) is 52.1 Å². The monoisotopic (exact) mass is 268 g/mol. The molecule has 0 amide bonds. The van der Waals surface area contributed by atoms with Gasteiger partial charge in [0.05, 0.1) is 17.2 Å². The average molecular weight is 268 g/mol. The van der Waals surface area contributed by atoms with Crippen LogP contribution >= 0.6 is 11.5 Å². The van der Waals surface area contributed by atoms with E-state index in [0.29, 0.717) is 0 Å². The zero-order valence-corrected chi connectivity index (χ0v) is 10.6. The minimum absolute atomic E-state index is 0.795. The van der Waals surface area contributed by atoms with Gasteiger partial charge in [0.15, 0.2) is 0 Å². The van der Waals surface area contributed by atoms with Crippen molar-refractivity contribution in [3.05, 3.63) is 48.9 Å². The van der Waals surface area contributed by atoms with Crippen molar-refractivity contribution in [1.82, 2.24) is 9.59 Å². The molecule has 0 aliphatic carbocycles. The normalized spacial score (nSPS) is 11.2. The Hall–Kier alpha value is -2.40. The van der Waals surface area contributed by atoms with Crippen LogP contribution in [-0.2, 0) is 0 Å². The van der Waals surface area contributed by atoms with Crippen LogP contribution in [0.3, 0.4) is 0 Å². The van der Waals surface area contributed by atoms with Gasteiger partial charge >= 0.3 is 0 Å². The van der Waals surface area contributed by atoms with Crippen LogP contribution in [0, 0.1) is 0 Å². The summed E-state index contributed by atoms with van der Waals surface area (Å²) in [7, 11) is 0. The van der Waals surface area contributed by atoms with E-state index >= 15 is 0 Å². The molecule has 3 heterocycles. The molecule has 4 aromatic rings. The summed E-state index contributed by atoms with van der Waals surface area (Å²) in [5.74, 6) is 1.62. The summed E-state index contributed by atoms with van der Waals surface area (Å²) in [6.07, 6.45) is 3.32. The molecule has 92 valence electrons. The molecular weight excluding hydrogens is 260 g/mol. The lowest BCUT2D eigenvalue weighted by Gasteiger charge is -2.02. The van der Waals surface area contributed by atoms with E-state index in [1.807, 2.05) is 36.4 Å². The molecule has 0 aliphatic rings. The summed E-state index contributed by atoms with van der Waals surface area (Å²) in [6.45, 7) is 0. The SMILES string of the molecule is c1coc(-c2ccc(-c3ccco3)c3snnc23)c1. The number of rotatable bonds is 2. The van der Waals surface area contributed by atoms with E-state index in [0.717, 1.165) is 32.9 Å². The van der Waals surface area contributed by atoms with E-state index in [4.69, 9.17) is 8.83 Å². The highest BCUT2D eigenvalue weighted by Gasteiger charge is 2.15. The van der Waals surface area contributed by atoms with Gasteiger partial charge in [0.1, 0.15) is 17.0 Å². The summed E-state index contributed by atoms with van der Waals surface area (Å²) in [4.78, 5) is 0. The second-order valence-electron chi connectivity index (χ2n) is 4.07. The van der Waals surface area contributed by atoms with Crippen LogP contribution in [0.4, 0.5) is 0 Å². The van der Waals surface area contributed by atoms with Crippen LogP contribution in [0.2, 0.25) is 0 Å². The van der Waals surface area contributed by atoms with Crippen molar-refractivity contribution in [1.29, 1.82) is 0 Å². The molecule has 4 nitrogen and oxygen atoms in total. The lowest BCUT2D eigenvalue weighted by atomic mass is 10.1. The van der Waals surface area contributed by atoms with Crippen LogP contribution < -0.4 is 0 Å². The first kappa shape index (κ1) is 10.5. The molecule has 5 heteroatoms. The highest BCUT2D eigenvalue weighted by Crippen LogP contribution is 2.36. The molecular formula is C14H8N2O2S. The molecule has 0 aliphatic heterocycles. The quantitative estimate of drug-likeness (QED) is 0.546. The predicted molar refractivity (Wildman–Crippen MR) is 72.8 cm³/mol. The van der Waals surface area contributed by atoms with Gasteiger partial charge in [-0.05, 0) is 47.9 Å². The Labute approximate surface area is 112 Å². The van der Waals surface area contributed by atoms with Crippen molar-refractivity contribution in [2.24, 2.45) is 0 Å². The van der Waals surface area contributed by atoms with E-state index in [1.165, 1.54) is 11.5 Å². The summed E-state index contributed by atoms with van der Waals surface area (Å²) >= 11 is 1.36. The van der Waals surface area contributed by atoms with Gasteiger partial charge in [0.25, 0.3) is 0 Å². The van der Waals surface area contributed by atoms with Gasteiger partial charge in [-0.25, -0.2) is 0 Å². The lowest BCUT2D eigenvalue weighted by Crippen LogP contribution is -1.81. The molecule has 1 aromatic carbocycles. The predicted octanol–water partition coefficient (Wildman–Crippen LogP) is 4.21. The minimum atomic E-state index is 0.795. The molecule has 0 unspecified atom stereocenters. The Morgan fingerprint density at radius 3 is 2.21 bits per heavy atom. The molecule has 4 rings (SSSR count). The Bertz CT molecular complexity index is 748. The summed E-state index contributed by atoms with van der Waals surface area (Å²) in [5, 5.41) is 4.21. The van der Waals surface area contributed by atoms with Crippen molar-refractivity contribution in [3.63, 3.8) is 0 Å². The van der Waals surface area contributed by atoms with Crippen LogP contribution in [0.15, 0.2) is 57.8 Å². The number of nitrogens with zero attached hydrogens (tertiary/aromatic N) is 2. The maximum absolute atomic E-state index is 5.46. The van der Waals surface area contributed by atoms with Crippen LogP contribution in [0.25, 0.3) is 32.9 Å². The Balaban J connectivity index is 2.01. The fourth-order valence-electron chi connectivity index (χ4n) is 2.12. The number of furan rings is 2. The maximum Gasteiger partial charge on any atom is 0.136 e. The van der Waals surface area contributed by atoms with E-state index in [1.54, 1.807) is 12.5 Å². The smallest absolute Gasteiger partial charge is 0.136 e. The third kappa shape index (κ3) is 1.59. The molecule has 0 atom stereocenters. The third-order valence-electron chi connectivity index (χ3n) is 2.98. The average Bonchev–Trinajstić information content (AvgIpc) is 3.19. The van der Waals surface area contributed by atoms with Gasteiger partial charge in [-0.2, -0.15) is 0 Å². The number of fused-ring (bicyclic) bond motifs is 1. The Morgan fingerprint density at radius 1 is 0.842 bits per heavy atom. The fourth-order valence-corrected chi connectivity index (χ4v) is 2.83. The first-order valence-electron chi connectivity index (χ1n) is 5.76. The van der Waals surface area contributed by atoms with Crippen molar-refractivity contribution < 1.29 is 8.83 Å². The van der Waals surface area contributed by atoms with E-state index in [2.05, 4.69) is 9.59 Å². The number of benzene rings is 1. The van der Waals surface area contributed by atoms with Gasteiger partial charge in [-0.3, -0.25) is 0 Å². The van der Waals surface area contributed by atoms with Gasteiger partial charge in [-0.1, -0.05) is 4.49 Å². The molecule has 0 saturated heterocycles. The second-order valence-corrected chi connectivity index (χ2v) is 4.82. The minimum Gasteiger partial charge on any atom is -0.464 e. The van der Waals surface area contributed by atoms with Gasteiger partial charge < -0.3 is 8.83 Å². The summed E-state index contributed by atoms with van der Waals surface area (Å²) < 4.78 is 16.0. The Morgan fingerprint density at radius 2 is 1.53 bits per heavy atom. The summed E-state index contributed by atoms with van der Waals surface area (Å²) in [5.41, 5.74) is 2.79. The maximum atomic E-state index is 5.46. The van der Waals surface area contributed by atoms with Crippen molar-refractivity contribution in [2.45, 2.75) is 0 Å². The van der Waals surface area contributed by atoms with Gasteiger partial charge in [0, 0.05) is 11.1 Å². The zero-order chi connectivity index (χ0) is 12.7. The zero-order valence-electron chi connectivity index (χ0n) is 9.74. The molecule has 0 N–H and O–H groups in total. The van der Waals surface area contributed by atoms with Crippen LogP contribution in [-0.4, -0.2) is 9.59 Å². The van der Waals surface area contributed by atoms with Crippen LogP contribution in [0.5, 0.6) is 0 Å². The molecule has 19 heavy (non-hydrogen) atoms. The third-order valence-corrected chi connectivity index (χ3v) is 3.74. The van der Waals surface area contributed by atoms with Crippen molar-refractivity contribution in [2.75, 3.05) is 0 Å². The lowest BCUT2D eigenvalue weighted by molar-refractivity contribution is 0.581. The van der Waals surface area contributed by atoms with Crippen molar-refractivity contribution >= 4 is 21.7 Å². The molecule has 0 bridgehead atoms. The second kappa shape index (κ2) is 4.07. The number of hydrogen-bond acceptors (Lipinski definition) is 5. The molecule has 3 aromatic heterocycles. The van der Waals surface area contributed by atoms with Crippen molar-refractivity contribution in [3.8, 4) is 22.6 Å². The van der Waals surface area contributed by atoms with Gasteiger partial charge in [-0.15, -0.1) is 5.10 Å². The summed E-state index contributed by atoms with van der Waals surface area (Å²) in [6, 6.07) is 11.6. The first-order chi connectivity index (χ1) is 9.43. The molecule has 0 spiro atoms. The van der Waals surface area contributed by atoms with E-state index in [9.17, 15) is 0 Å². The van der Waals surface area contributed by atoms with Crippen LogP contribution in [0.1, 0.15) is 0 Å². The fraction of sp³-hybridized carbons (Fsp3) is 0. The highest BCUT2D eigenvalue weighted by molar-refractivity contribution is 7.13. The van der Waals surface area contributed by atoms with E-state index < -0.39 is 0 Å². The van der Waals surface area contributed by atoms with E-state index in [-0.39, 0.29) is 0 Å². The first-order valence-corrected chi connectivity index (χ1v) is 6.53. The standard InChI is InChI=1S/C14H8N2O2S/c1-3-11(17-7-1)9-5-6-10(12-4-2-8-18-12)14-13(9)15-16-19-14/h1-8H. The molecule has 0 saturated carbocycles. The number of hydrogen-bond donors (Lipinski definition) is 0. The highest BCUT2D eigenvalue weighted by atomic mass is 32.1. The largest absolute Gasteiger partial charge is 0.464 e. The number of aromatic nitrogens is 2. The molecule has 0 fully saturated rings. The Kier molecular flexibility index (Phi) is 2.25.